The van der Waals surface area contributed by atoms with Crippen LogP contribution < -0.4 is 0 Å². The van der Waals surface area contributed by atoms with Crippen LogP contribution in [0.3, 0.4) is 0 Å². The summed E-state index contributed by atoms with van der Waals surface area (Å²) in [4.78, 5) is 21.9. The molecule has 1 N–H and O–H groups in total. The van der Waals surface area contributed by atoms with Gasteiger partial charge in [0, 0.05) is 24.1 Å². The van der Waals surface area contributed by atoms with Gasteiger partial charge in [0.15, 0.2) is 0 Å². The molecule has 0 atom stereocenters. The minimum Gasteiger partial charge on any atom is -0.508 e. The van der Waals surface area contributed by atoms with E-state index in [0.717, 1.165) is 5.56 Å². The van der Waals surface area contributed by atoms with Crippen molar-refractivity contribution in [3.8, 4) is 16.9 Å². The molecule has 3 rings (SSSR count). The first-order valence-corrected chi connectivity index (χ1v) is 8.76. The second-order valence-corrected chi connectivity index (χ2v) is 6.83. The fraction of sp³-hybridized carbons (Fsp3) is 0.167. The van der Waals surface area contributed by atoms with E-state index in [-0.39, 0.29) is 17.2 Å². The number of ketones is 1. The fourth-order valence-corrected chi connectivity index (χ4v) is 3.17. The SMILES string of the molecule is CC(=O)CSC1=NN=C(c2cc(-c3ccc(O)cc3)cc([N+](=O)[O-])c2)C1. The maximum atomic E-state index is 11.3. The number of nitro benzene ring substituents is 1. The molecule has 26 heavy (non-hydrogen) atoms. The molecule has 7 nitrogen and oxygen atoms in total. The fourth-order valence-electron chi connectivity index (χ4n) is 2.46. The van der Waals surface area contributed by atoms with E-state index in [9.17, 15) is 20.0 Å². The molecular formula is C18H15N3O4S. The van der Waals surface area contributed by atoms with E-state index >= 15 is 0 Å². The Morgan fingerprint density at radius 2 is 1.85 bits per heavy atom. The summed E-state index contributed by atoms with van der Waals surface area (Å²) < 4.78 is 0. The molecule has 0 unspecified atom stereocenters. The van der Waals surface area contributed by atoms with Gasteiger partial charge in [0.05, 0.1) is 16.4 Å². The Morgan fingerprint density at radius 3 is 2.50 bits per heavy atom. The number of nitrogens with zero attached hydrogens (tertiary/aromatic N) is 3. The van der Waals surface area contributed by atoms with E-state index in [4.69, 9.17) is 0 Å². The largest absolute Gasteiger partial charge is 0.508 e. The Morgan fingerprint density at radius 1 is 1.15 bits per heavy atom. The van der Waals surface area contributed by atoms with Crippen LogP contribution in [0.1, 0.15) is 18.9 Å². The van der Waals surface area contributed by atoms with Crippen LogP contribution in [0.4, 0.5) is 5.69 Å². The molecule has 0 spiro atoms. The average molecular weight is 369 g/mol. The zero-order chi connectivity index (χ0) is 18.7. The Balaban J connectivity index is 1.89. The summed E-state index contributed by atoms with van der Waals surface area (Å²) in [6.07, 6.45) is 0.439. The zero-order valence-electron chi connectivity index (χ0n) is 13.9. The molecule has 2 aromatic rings. The van der Waals surface area contributed by atoms with E-state index in [0.29, 0.717) is 34.1 Å². The van der Waals surface area contributed by atoms with Crippen molar-refractivity contribution in [2.45, 2.75) is 13.3 Å². The van der Waals surface area contributed by atoms with Gasteiger partial charge < -0.3 is 5.11 Å². The number of hydrogen-bond acceptors (Lipinski definition) is 7. The minimum absolute atomic E-state index is 0.0434. The van der Waals surface area contributed by atoms with Gasteiger partial charge in [-0.05, 0) is 36.2 Å². The number of hydrogen-bond donors (Lipinski definition) is 1. The standard InChI is InChI=1S/C18H15N3O4S/c1-11(22)10-26-18-9-17(19-20-18)14-6-13(7-15(8-14)21(24)25)12-2-4-16(23)5-3-12/h2-8,23H,9-10H2,1H3. The molecule has 0 aliphatic carbocycles. The molecular weight excluding hydrogens is 354 g/mol. The number of rotatable bonds is 5. The predicted octanol–water partition coefficient (Wildman–Crippen LogP) is 3.80. The van der Waals surface area contributed by atoms with E-state index < -0.39 is 4.92 Å². The first-order valence-electron chi connectivity index (χ1n) is 7.77. The highest BCUT2D eigenvalue weighted by Crippen LogP contribution is 2.29. The topological polar surface area (TPSA) is 105 Å². The lowest BCUT2D eigenvalue weighted by Gasteiger charge is -2.07. The number of non-ortho nitro benzene ring substituents is 1. The van der Waals surface area contributed by atoms with Crippen LogP contribution in [0.15, 0.2) is 52.7 Å². The van der Waals surface area contributed by atoms with Crippen molar-refractivity contribution in [3.63, 3.8) is 0 Å². The van der Waals surface area contributed by atoms with Gasteiger partial charge >= 0.3 is 0 Å². The maximum Gasteiger partial charge on any atom is 0.270 e. The van der Waals surface area contributed by atoms with Crippen molar-refractivity contribution < 1.29 is 14.8 Å². The third-order valence-corrected chi connectivity index (χ3v) is 4.82. The van der Waals surface area contributed by atoms with Crippen LogP contribution in [-0.4, -0.2) is 32.3 Å². The monoisotopic (exact) mass is 369 g/mol. The van der Waals surface area contributed by atoms with Gasteiger partial charge in [0.1, 0.15) is 16.6 Å². The first kappa shape index (κ1) is 17.8. The van der Waals surface area contributed by atoms with E-state index in [1.54, 1.807) is 12.1 Å². The van der Waals surface area contributed by atoms with Gasteiger partial charge in [-0.2, -0.15) is 5.10 Å². The molecule has 0 aromatic heterocycles. The molecule has 0 fully saturated rings. The second-order valence-electron chi connectivity index (χ2n) is 5.78. The van der Waals surface area contributed by atoms with Gasteiger partial charge in [-0.25, -0.2) is 0 Å². The van der Waals surface area contributed by atoms with Gasteiger partial charge in [-0.1, -0.05) is 12.1 Å². The highest BCUT2D eigenvalue weighted by molar-refractivity contribution is 8.14. The highest BCUT2D eigenvalue weighted by Gasteiger charge is 2.19. The van der Waals surface area contributed by atoms with Crippen LogP contribution >= 0.6 is 11.8 Å². The minimum atomic E-state index is -0.449. The molecule has 0 radical (unpaired) electrons. The molecule has 0 saturated carbocycles. The summed E-state index contributed by atoms with van der Waals surface area (Å²) in [5, 5.41) is 29.6. The molecule has 2 aromatic carbocycles. The number of Topliss-reactive ketones (excluding diaryl/α,β-unsaturated/α-hetero) is 1. The van der Waals surface area contributed by atoms with E-state index in [1.165, 1.54) is 43.0 Å². The molecule has 0 amide bonds. The molecule has 0 saturated heterocycles. The molecule has 8 heteroatoms. The van der Waals surface area contributed by atoms with Crippen LogP contribution in [0.25, 0.3) is 11.1 Å². The lowest BCUT2D eigenvalue weighted by molar-refractivity contribution is -0.384. The summed E-state index contributed by atoms with van der Waals surface area (Å²) in [5.41, 5.74) is 2.60. The van der Waals surface area contributed by atoms with Gasteiger partial charge in [-0.15, -0.1) is 16.9 Å². The first-order chi connectivity index (χ1) is 12.4. The van der Waals surface area contributed by atoms with Gasteiger partial charge in [-0.3, -0.25) is 14.9 Å². The summed E-state index contributed by atoms with van der Waals surface area (Å²) in [5.74, 6) is 0.506. The average Bonchev–Trinajstić information content (AvgIpc) is 3.09. The van der Waals surface area contributed by atoms with Crippen molar-refractivity contribution >= 4 is 34.0 Å². The van der Waals surface area contributed by atoms with Crippen molar-refractivity contribution in [2.24, 2.45) is 10.2 Å². The molecule has 132 valence electrons. The van der Waals surface area contributed by atoms with Crippen molar-refractivity contribution in [2.75, 3.05) is 5.75 Å². The third kappa shape index (κ3) is 4.15. The summed E-state index contributed by atoms with van der Waals surface area (Å²) in [6, 6.07) is 11.2. The zero-order valence-corrected chi connectivity index (χ0v) is 14.7. The number of phenolic OH excluding ortho intramolecular Hbond substituents is 1. The predicted molar refractivity (Wildman–Crippen MR) is 102 cm³/mol. The number of carbonyl (C=O) groups excluding carboxylic acids is 1. The molecule has 1 aliphatic heterocycles. The van der Waals surface area contributed by atoms with E-state index in [1.807, 2.05) is 6.07 Å². The number of thioether (sulfide) groups is 1. The third-order valence-electron chi connectivity index (χ3n) is 3.71. The van der Waals surface area contributed by atoms with Crippen LogP contribution in [0.2, 0.25) is 0 Å². The second kappa shape index (κ2) is 7.49. The lowest BCUT2D eigenvalue weighted by atomic mass is 9.99. The lowest BCUT2D eigenvalue weighted by Crippen LogP contribution is -2.05. The number of carbonyl (C=O) groups is 1. The Labute approximate surface area is 153 Å². The number of phenols is 1. The number of nitro groups is 1. The van der Waals surface area contributed by atoms with Gasteiger partial charge in [0.25, 0.3) is 5.69 Å². The number of benzene rings is 2. The van der Waals surface area contributed by atoms with Crippen LogP contribution in [0, 0.1) is 10.1 Å². The highest BCUT2D eigenvalue weighted by atomic mass is 32.2. The van der Waals surface area contributed by atoms with E-state index in [2.05, 4.69) is 10.2 Å². The Kier molecular flexibility index (Phi) is 5.13. The normalized spacial score (nSPS) is 13.3. The van der Waals surface area contributed by atoms with Crippen molar-refractivity contribution in [1.29, 1.82) is 0 Å². The Hall–Kier alpha value is -3.00. The Bertz CT molecular complexity index is 936. The smallest absolute Gasteiger partial charge is 0.270 e. The maximum absolute atomic E-state index is 11.3. The summed E-state index contributed by atoms with van der Waals surface area (Å²) in [6.45, 7) is 1.51. The molecule has 1 heterocycles. The van der Waals surface area contributed by atoms with Crippen LogP contribution in [0.5, 0.6) is 5.75 Å². The quantitative estimate of drug-likeness (QED) is 0.637. The van der Waals surface area contributed by atoms with Crippen LogP contribution in [-0.2, 0) is 4.79 Å². The molecule has 1 aliphatic rings. The van der Waals surface area contributed by atoms with Crippen molar-refractivity contribution in [3.05, 3.63) is 58.1 Å². The van der Waals surface area contributed by atoms with Gasteiger partial charge in [0.2, 0.25) is 0 Å². The summed E-state index contributed by atoms with van der Waals surface area (Å²) in [7, 11) is 0. The summed E-state index contributed by atoms with van der Waals surface area (Å²) >= 11 is 1.33. The van der Waals surface area contributed by atoms with Crippen molar-refractivity contribution in [1.82, 2.24) is 0 Å². The number of aromatic hydroxyl groups is 1. The molecule has 0 bridgehead atoms.